The minimum absolute atomic E-state index is 0.0887. The molecule has 8 heteroatoms. The highest BCUT2D eigenvalue weighted by Gasteiger charge is 2.16. The largest absolute Gasteiger partial charge is 0.506 e. The molecular weight excluding hydrogens is 352 g/mol. The van der Waals surface area contributed by atoms with Gasteiger partial charge in [-0.3, -0.25) is 4.55 Å². The van der Waals surface area contributed by atoms with Crippen molar-refractivity contribution >= 4 is 43.9 Å². The summed E-state index contributed by atoms with van der Waals surface area (Å²) in [5.74, 6) is -0.0974. The number of hydrogen-bond donors (Lipinski definition) is 2. The normalized spacial score (nSPS) is 12.1. The van der Waals surface area contributed by atoms with E-state index >= 15 is 0 Å². The highest BCUT2D eigenvalue weighted by atomic mass is 35.5. The maximum Gasteiger partial charge on any atom is 0.296 e. The Kier molecular flexibility index (Phi) is 4.23. The first-order chi connectivity index (χ1) is 11.4. The number of phenolic OH excluding ortho intramolecular Hbond substituents is 1. The van der Waals surface area contributed by atoms with Gasteiger partial charge in [-0.25, -0.2) is 0 Å². The number of phenols is 1. The van der Waals surface area contributed by atoms with Crippen LogP contribution in [0.2, 0.25) is 5.02 Å². The summed E-state index contributed by atoms with van der Waals surface area (Å²) < 4.78 is 32.2. The van der Waals surface area contributed by atoms with Gasteiger partial charge < -0.3 is 5.11 Å². The van der Waals surface area contributed by atoms with Crippen molar-refractivity contribution in [3.63, 3.8) is 0 Å². The Bertz CT molecular complexity index is 1060. The molecule has 0 unspecified atom stereocenters. The van der Waals surface area contributed by atoms with Crippen LogP contribution >= 0.6 is 11.6 Å². The first-order valence-electron chi connectivity index (χ1n) is 6.76. The molecule has 3 aromatic carbocycles. The topological polar surface area (TPSA) is 99.3 Å². The van der Waals surface area contributed by atoms with Crippen LogP contribution in [0.1, 0.15) is 0 Å². The second-order valence-corrected chi connectivity index (χ2v) is 6.77. The third-order valence-electron chi connectivity index (χ3n) is 3.34. The Hall–Kier alpha value is -2.48. The summed E-state index contributed by atoms with van der Waals surface area (Å²) in [5, 5.41) is 19.5. The van der Waals surface area contributed by atoms with E-state index < -0.39 is 15.0 Å². The number of rotatable bonds is 3. The fraction of sp³-hybridized carbons (Fsp3) is 0. The third-order valence-corrected chi connectivity index (χ3v) is 4.45. The monoisotopic (exact) mass is 362 g/mol. The fourth-order valence-corrected chi connectivity index (χ4v) is 3.12. The van der Waals surface area contributed by atoms with E-state index in [1.807, 2.05) is 12.1 Å². The van der Waals surface area contributed by atoms with E-state index in [9.17, 15) is 18.1 Å². The first kappa shape index (κ1) is 16.4. The van der Waals surface area contributed by atoms with Crippen molar-refractivity contribution in [2.45, 2.75) is 4.90 Å². The Morgan fingerprint density at radius 1 is 0.958 bits per heavy atom. The van der Waals surface area contributed by atoms with Gasteiger partial charge in [0, 0.05) is 10.4 Å². The molecule has 0 fully saturated rings. The molecular formula is C16H11ClN2O4S. The SMILES string of the molecule is O=S(=O)(O)c1cc(Cl)ccc1N=Nc1c(O)ccc2ccccc12. The zero-order chi connectivity index (χ0) is 17.3. The zero-order valence-electron chi connectivity index (χ0n) is 12.1. The summed E-state index contributed by atoms with van der Waals surface area (Å²) >= 11 is 5.76. The van der Waals surface area contributed by atoms with Crippen molar-refractivity contribution in [2.75, 3.05) is 0 Å². The molecule has 0 bridgehead atoms. The minimum atomic E-state index is -4.51. The van der Waals surface area contributed by atoms with Crippen LogP contribution in [0.25, 0.3) is 10.8 Å². The molecule has 0 aromatic heterocycles. The van der Waals surface area contributed by atoms with Crippen molar-refractivity contribution in [3.05, 3.63) is 59.6 Å². The van der Waals surface area contributed by atoms with Crippen LogP contribution in [-0.2, 0) is 10.1 Å². The lowest BCUT2D eigenvalue weighted by atomic mass is 10.1. The highest BCUT2D eigenvalue weighted by molar-refractivity contribution is 7.86. The van der Waals surface area contributed by atoms with Gasteiger partial charge >= 0.3 is 0 Å². The molecule has 0 atom stereocenters. The highest BCUT2D eigenvalue weighted by Crippen LogP contribution is 2.37. The molecule has 0 aliphatic heterocycles. The van der Waals surface area contributed by atoms with Gasteiger partial charge in [0.1, 0.15) is 22.0 Å². The Labute approximate surface area is 142 Å². The molecule has 3 rings (SSSR count). The Morgan fingerprint density at radius 3 is 2.46 bits per heavy atom. The number of benzene rings is 3. The van der Waals surface area contributed by atoms with Gasteiger partial charge in [-0.1, -0.05) is 41.9 Å². The van der Waals surface area contributed by atoms with Crippen molar-refractivity contribution in [2.24, 2.45) is 10.2 Å². The summed E-state index contributed by atoms with van der Waals surface area (Å²) in [4.78, 5) is -0.460. The predicted octanol–water partition coefficient (Wildman–Crippen LogP) is 4.86. The summed E-state index contributed by atoms with van der Waals surface area (Å²) in [7, 11) is -4.51. The zero-order valence-corrected chi connectivity index (χ0v) is 13.7. The number of halogens is 1. The van der Waals surface area contributed by atoms with Gasteiger partial charge in [-0.15, -0.1) is 10.2 Å². The molecule has 3 aromatic rings. The second kappa shape index (κ2) is 6.20. The maximum absolute atomic E-state index is 11.4. The molecule has 0 amide bonds. The van der Waals surface area contributed by atoms with Crippen molar-refractivity contribution in [1.82, 2.24) is 0 Å². The lowest BCUT2D eigenvalue weighted by molar-refractivity contribution is 0.477. The van der Waals surface area contributed by atoms with Crippen LogP contribution in [0, 0.1) is 0 Å². The number of hydrogen-bond acceptors (Lipinski definition) is 5. The van der Waals surface area contributed by atoms with Crippen LogP contribution in [0.5, 0.6) is 5.75 Å². The van der Waals surface area contributed by atoms with E-state index in [1.54, 1.807) is 18.2 Å². The molecule has 24 heavy (non-hydrogen) atoms. The molecule has 6 nitrogen and oxygen atoms in total. The summed E-state index contributed by atoms with van der Waals surface area (Å²) in [5.41, 5.74) is 0.110. The molecule has 0 aliphatic rings. The number of fused-ring (bicyclic) bond motifs is 1. The van der Waals surface area contributed by atoms with E-state index in [0.29, 0.717) is 5.39 Å². The molecule has 0 heterocycles. The molecule has 122 valence electrons. The van der Waals surface area contributed by atoms with E-state index in [1.165, 1.54) is 18.2 Å². The Morgan fingerprint density at radius 2 is 1.71 bits per heavy atom. The molecule has 0 saturated heterocycles. The molecule has 0 radical (unpaired) electrons. The smallest absolute Gasteiger partial charge is 0.296 e. The fourth-order valence-electron chi connectivity index (χ4n) is 2.23. The number of azo groups is 1. The van der Waals surface area contributed by atoms with E-state index in [2.05, 4.69) is 10.2 Å². The van der Waals surface area contributed by atoms with Gasteiger partial charge in [0.05, 0.1) is 0 Å². The van der Waals surface area contributed by atoms with Crippen molar-refractivity contribution < 1.29 is 18.1 Å². The molecule has 2 N–H and O–H groups in total. The van der Waals surface area contributed by atoms with Crippen LogP contribution in [0.15, 0.2) is 69.7 Å². The summed E-state index contributed by atoms with van der Waals surface area (Å²) in [6.07, 6.45) is 0. The predicted molar refractivity (Wildman–Crippen MR) is 91.1 cm³/mol. The van der Waals surface area contributed by atoms with Gasteiger partial charge in [0.25, 0.3) is 10.1 Å². The third kappa shape index (κ3) is 3.23. The average molecular weight is 363 g/mol. The first-order valence-corrected chi connectivity index (χ1v) is 8.57. The van der Waals surface area contributed by atoms with Gasteiger partial charge in [-0.2, -0.15) is 8.42 Å². The van der Waals surface area contributed by atoms with Gasteiger partial charge in [-0.05, 0) is 29.7 Å². The quantitative estimate of drug-likeness (QED) is 0.513. The van der Waals surface area contributed by atoms with Crippen LogP contribution in [-0.4, -0.2) is 18.1 Å². The van der Waals surface area contributed by atoms with Gasteiger partial charge in [0.2, 0.25) is 0 Å². The van der Waals surface area contributed by atoms with Crippen LogP contribution in [0.4, 0.5) is 11.4 Å². The second-order valence-electron chi connectivity index (χ2n) is 4.94. The molecule has 0 spiro atoms. The van der Waals surface area contributed by atoms with Crippen molar-refractivity contribution in [3.8, 4) is 5.75 Å². The average Bonchev–Trinajstić information content (AvgIpc) is 2.54. The maximum atomic E-state index is 11.4. The van der Waals surface area contributed by atoms with E-state index in [0.717, 1.165) is 11.5 Å². The van der Waals surface area contributed by atoms with Gasteiger partial charge in [0.15, 0.2) is 0 Å². The lowest BCUT2D eigenvalue weighted by Crippen LogP contribution is -1.98. The minimum Gasteiger partial charge on any atom is -0.506 e. The van der Waals surface area contributed by atoms with Crippen molar-refractivity contribution in [1.29, 1.82) is 0 Å². The number of aromatic hydroxyl groups is 1. The summed E-state index contributed by atoms with van der Waals surface area (Å²) in [6, 6.07) is 14.3. The molecule has 0 saturated carbocycles. The van der Waals surface area contributed by atoms with E-state index in [-0.39, 0.29) is 22.1 Å². The van der Waals surface area contributed by atoms with Crippen LogP contribution < -0.4 is 0 Å². The number of nitrogens with zero attached hydrogens (tertiary/aromatic N) is 2. The van der Waals surface area contributed by atoms with E-state index in [4.69, 9.17) is 11.6 Å². The molecule has 0 aliphatic carbocycles. The Balaban J connectivity index is 2.15. The van der Waals surface area contributed by atoms with Crippen LogP contribution in [0.3, 0.4) is 0 Å². The lowest BCUT2D eigenvalue weighted by Gasteiger charge is -2.05. The standard InChI is InChI=1S/C16H11ClN2O4S/c17-11-6-7-13(15(9-11)24(21,22)23)18-19-16-12-4-2-1-3-10(12)5-8-14(16)20/h1-9,20H,(H,21,22,23). The summed E-state index contributed by atoms with van der Waals surface area (Å²) in [6.45, 7) is 0.